The second-order valence-corrected chi connectivity index (χ2v) is 18.8. The standard InChI is InChI=1S/C61H106O6/c1-4-7-10-13-16-19-22-25-28-30-31-32-34-36-39-42-45-48-51-54-60(63)66-57-58(56-65-59(62)53-50-47-44-41-38-35-27-24-21-18-15-12-9-6-3)67-61(64)55-52-49-46-43-40-37-33-29-26-23-20-17-14-11-8-5-2/h15-16,18-19,24-25,27-29,31-33,58H,4-14,17,20-23,26,30,34-57H2,1-3H3/b18-15-,19-16-,27-24-,28-25-,32-31-,33-29-/t58-/m1/s1. The summed E-state index contributed by atoms with van der Waals surface area (Å²) in [5.74, 6) is -0.917. The van der Waals surface area contributed by atoms with Gasteiger partial charge in [0.05, 0.1) is 0 Å². The highest BCUT2D eigenvalue weighted by Crippen LogP contribution is 2.14. The van der Waals surface area contributed by atoms with Crippen molar-refractivity contribution >= 4 is 17.9 Å². The number of hydrogen-bond donors (Lipinski definition) is 0. The van der Waals surface area contributed by atoms with Gasteiger partial charge in [-0.1, -0.05) is 222 Å². The van der Waals surface area contributed by atoms with Crippen molar-refractivity contribution < 1.29 is 28.6 Å². The first-order chi connectivity index (χ1) is 33.0. The molecule has 0 aromatic rings. The van der Waals surface area contributed by atoms with Crippen molar-refractivity contribution in [2.75, 3.05) is 13.2 Å². The van der Waals surface area contributed by atoms with Gasteiger partial charge in [-0.15, -0.1) is 0 Å². The Kier molecular flexibility index (Phi) is 52.8. The van der Waals surface area contributed by atoms with Crippen molar-refractivity contribution in [2.45, 2.75) is 284 Å². The molecule has 0 N–H and O–H groups in total. The van der Waals surface area contributed by atoms with Gasteiger partial charge in [0.25, 0.3) is 0 Å². The van der Waals surface area contributed by atoms with Gasteiger partial charge in [-0.2, -0.15) is 0 Å². The Bertz CT molecular complexity index is 1260. The molecule has 0 saturated heterocycles. The zero-order valence-electron chi connectivity index (χ0n) is 44.2. The molecule has 0 amide bonds. The molecule has 67 heavy (non-hydrogen) atoms. The first kappa shape index (κ1) is 63.8. The minimum Gasteiger partial charge on any atom is -0.462 e. The van der Waals surface area contributed by atoms with E-state index in [0.717, 1.165) is 116 Å². The summed E-state index contributed by atoms with van der Waals surface area (Å²) < 4.78 is 16.8. The lowest BCUT2D eigenvalue weighted by atomic mass is 10.1. The zero-order chi connectivity index (χ0) is 48.6. The van der Waals surface area contributed by atoms with E-state index < -0.39 is 6.10 Å². The van der Waals surface area contributed by atoms with Gasteiger partial charge in [0.15, 0.2) is 6.10 Å². The fourth-order valence-electron chi connectivity index (χ4n) is 7.81. The summed E-state index contributed by atoms with van der Waals surface area (Å²) in [7, 11) is 0. The lowest BCUT2D eigenvalue weighted by Crippen LogP contribution is -2.30. The molecule has 0 fully saturated rings. The van der Waals surface area contributed by atoms with Crippen molar-refractivity contribution in [3.8, 4) is 0 Å². The number of esters is 3. The molecule has 386 valence electrons. The molecule has 0 aromatic carbocycles. The van der Waals surface area contributed by atoms with Crippen molar-refractivity contribution in [1.82, 2.24) is 0 Å². The number of ether oxygens (including phenoxy) is 3. The molecule has 0 spiro atoms. The third-order valence-corrected chi connectivity index (χ3v) is 12.2. The molecule has 6 nitrogen and oxygen atoms in total. The van der Waals surface area contributed by atoms with Gasteiger partial charge in [0.1, 0.15) is 13.2 Å². The smallest absolute Gasteiger partial charge is 0.306 e. The average molecular weight is 936 g/mol. The Hall–Kier alpha value is -3.15. The second-order valence-electron chi connectivity index (χ2n) is 18.8. The first-order valence-corrected chi connectivity index (χ1v) is 28.4. The summed E-state index contributed by atoms with van der Waals surface area (Å²) in [6, 6.07) is 0. The number of hydrogen-bond acceptors (Lipinski definition) is 6. The van der Waals surface area contributed by atoms with E-state index in [9.17, 15) is 14.4 Å². The maximum absolute atomic E-state index is 12.8. The highest BCUT2D eigenvalue weighted by atomic mass is 16.6. The van der Waals surface area contributed by atoms with E-state index in [1.165, 1.54) is 122 Å². The molecule has 0 rings (SSSR count). The molecule has 0 bridgehead atoms. The van der Waals surface area contributed by atoms with Crippen LogP contribution in [-0.4, -0.2) is 37.2 Å². The molecule has 0 aliphatic carbocycles. The van der Waals surface area contributed by atoms with Gasteiger partial charge < -0.3 is 14.2 Å². The van der Waals surface area contributed by atoms with Crippen molar-refractivity contribution in [1.29, 1.82) is 0 Å². The topological polar surface area (TPSA) is 78.9 Å². The molecule has 0 radical (unpaired) electrons. The van der Waals surface area contributed by atoms with E-state index in [-0.39, 0.29) is 31.1 Å². The van der Waals surface area contributed by atoms with Crippen LogP contribution in [0.1, 0.15) is 278 Å². The molecule has 0 saturated carbocycles. The number of allylic oxidation sites excluding steroid dienone is 12. The van der Waals surface area contributed by atoms with E-state index in [4.69, 9.17) is 14.2 Å². The summed E-state index contributed by atoms with van der Waals surface area (Å²) in [5.41, 5.74) is 0. The van der Waals surface area contributed by atoms with Crippen LogP contribution in [0.25, 0.3) is 0 Å². The fraction of sp³-hybridized carbons (Fsp3) is 0.754. The van der Waals surface area contributed by atoms with Crippen LogP contribution in [0, 0.1) is 0 Å². The highest BCUT2D eigenvalue weighted by molar-refractivity contribution is 5.71. The minimum atomic E-state index is -0.791. The molecular weight excluding hydrogens is 829 g/mol. The SMILES string of the molecule is CCCC/C=C\C/C=C\CCCCCCCC(=O)OC[C@H](COC(=O)CCCCCCCC/C=C\C/C=C\C/C=C\CCCCC)OC(=O)CCCCCCC/C=C\CCCCCCCCC. The van der Waals surface area contributed by atoms with Crippen LogP contribution in [-0.2, 0) is 28.6 Å². The molecule has 0 aliphatic heterocycles. The lowest BCUT2D eigenvalue weighted by molar-refractivity contribution is -0.167. The maximum Gasteiger partial charge on any atom is 0.306 e. The van der Waals surface area contributed by atoms with Gasteiger partial charge in [-0.25, -0.2) is 0 Å². The summed E-state index contributed by atoms with van der Waals surface area (Å²) in [4.78, 5) is 38.1. The van der Waals surface area contributed by atoms with Crippen LogP contribution >= 0.6 is 0 Å². The average Bonchev–Trinajstić information content (AvgIpc) is 3.33. The molecular formula is C61H106O6. The molecule has 0 aliphatic rings. The van der Waals surface area contributed by atoms with Gasteiger partial charge in [-0.05, 0) is 109 Å². The van der Waals surface area contributed by atoms with E-state index in [1.807, 2.05) is 0 Å². The van der Waals surface area contributed by atoms with Gasteiger partial charge in [0.2, 0.25) is 0 Å². The normalized spacial score (nSPS) is 12.6. The largest absolute Gasteiger partial charge is 0.462 e. The van der Waals surface area contributed by atoms with Crippen LogP contribution < -0.4 is 0 Å². The quantitative estimate of drug-likeness (QED) is 0.0262. The predicted octanol–water partition coefficient (Wildman–Crippen LogP) is 19.0. The van der Waals surface area contributed by atoms with Gasteiger partial charge in [0, 0.05) is 19.3 Å². The Balaban J connectivity index is 4.42. The van der Waals surface area contributed by atoms with Crippen LogP contribution in [0.5, 0.6) is 0 Å². The molecule has 1 atom stereocenters. The van der Waals surface area contributed by atoms with Crippen molar-refractivity contribution in [2.24, 2.45) is 0 Å². The van der Waals surface area contributed by atoms with E-state index in [0.29, 0.717) is 19.3 Å². The Morgan fingerprint density at radius 2 is 0.552 bits per heavy atom. The van der Waals surface area contributed by atoms with Crippen molar-refractivity contribution in [3.63, 3.8) is 0 Å². The number of carbonyl (C=O) groups is 3. The van der Waals surface area contributed by atoms with Crippen molar-refractivity contribution in [3.05, 3.63) is 72.9 Å². The molecule has 6 heteroatoms. The Morgan fingerprint density at radius 1 is 0.299 bits per heavy atom. The Labute approximate surface area is 414 Å². The zero-order valence-corrected chi connectivity index (χ0v) is 44.2. The summed E-state index contributed by atoms with van der Waals surface area (Å²) in [6.07, 6.45) is 70.2. The van der Waals surface area contributed by atoms with E-state index in [1.54, 1.807) is 0 Å². The second kappa shape index (κ2) is 55.4. The number of carbonyl (C=O) groups excluding carboxylic acids is 3. The van der Waals surface area contributed by atoms with E-state index >= 15 is 0 Å². The molecule has 0 heterocycles. The molecule has 0 aromatic heterocycles. The number of unbranched alkanes of at least 4 members (excludes halogenated alkanes) is 28. The maximum atomic E-state index is 12.8. The summed E-state index contributed by atoms with van der Waals surface area (Å²) in [6.45, 7) is 6.55. The summed E-state index contributed by atoms with van der Waals surface area (Å²) in [5, 5.41) is 0. The van der Waals surface area contributed by atoms with E-state index in [2.05, 4.69) is 93.7 Å². The highest BCUT2D eigenvalue weighted by Gasteiger charge is 2.19. The van der Waals surface area contributed by atoms with Crippen LogP contribution in [0.4, 0.5) is 0 Å². The third-order valence-electron chi connectivity index (χ3n) is 12.2. The monoisotopic (exact) mass is 935 g/mol. The summed E-state index contributed by atoms with van der Waals surface area (Å²) >= 11 is 0. The third kappa shape index (κ3) is 53.7. The van der Waals surface area contributed by atoms with Crippen LogP contribution in [0.2, 0.25) is 0 Å². The van der Waals surface area contributed by atoms with Crippen LogP contribution in [0.3, 0.4) is 0 Å². The predicted molar refractivity (Wildman–Crippen MR) is 288 cm³/mol. The van der Waals surface area contributed by atoms with Gasteiger partial charge >= 0.3 is 17.9 Å². The number of rotatable bonds is 51. The molecule has 0 unspecified atom stereocenters. The van der Waals surface area contributed by atoms with Crippen LogP contribution in [0.15, 0.2) is 72.9 Å². The lowest BCUT2D eigenvalue weighted by Gasteiger charge is -2.18. The minimum absolute atomic E-state index is 0.0899. The Morgan fingerprint density at radius 3 is 0.925 bits per heavy atom. The van der Waals surface area contributed by atoms with Gasteiger partial charge in [-0.3, -0.25) is 14.4 Å². The first-order valence-electron chi connectivity index (χ1n) is 28.4. The fourth-order valence-corrected chi connectivity index (χ4v) is 7.81.